The smallest absolute Gasteiger partial charge is 0.436 e. The highest BCUT2D eigenvalue weighted by Gasteiger charge is 2.44. The summed E-state index contributed by atoms with van der Waals surface area (Å²) in [5.41, 5.74) is 1.45. The molecule has 2 aromatic carbocycles. The number of aliphatic imine (C=N–C) groups is 1. The maximum absolute atomic E-state index is 12.7. The lowest BCUT2D eigenvalue weighted by Gasteiger charge is -2.30. The van der Waals surface area contributed by atoms with Gasteiger partial charge in [0.2, 0.25) is 5.96 Å². The van der Waals surface area contributed by atoms with Crippen molar-refractivity contribution in [3.05, 3.63) is 66.2 Å². The summed E-state index contributed by atoms with van der Waals surface area (Å²) in [7, 11) is 0. The van der Waals surface area contributed by atoms with Crippen LogP contribution < -0.4 is 5.32 Å². The van der Waals surface area contributed by atoms with Crippen molar-refractivity contribution in [1.82, 2.24) is 10.0 Å². The van der Waals surface area contributed by atoms with Gasteiger partial charge in [-0.15, -0.1) is 5.01 Å². The lowest BCUT2D eigenvalue weighted by atomic mass is 10.2. The number of carbonyl (C=O) groups excluding carboxylic acids is 2. The van der Waals surface area contributed by atoms with E-state index in [0.717, 1.165) is 15.6 Å². The molecule has 1 aliphatic heterocycles. The summed E-state index contributed by atoms with van der Waals surface area (Å²) in [4.78, 5) is 30.0. The number of rotatable bonds is 4. The molecule has 8 heteroatoms. The normalized spacial score (nSPS) is 15.8. The van der Waals surface area contributed by atoms with Gasteiger partial charge in [-0.2, -0.15) is 5.01 Å². The summed E-state index contributed by atoms with van der Waals surface area (Å²) in [6, 6.07) is 18.4. The molecular formula is C20H22N4O4. The Morgan fingerprint density at radius 1 is 0.929 bits per heavy atom. The number of hydrogen-bond acceptors (Lipinski definition) is 6. The van der Waals surface area contributed by atoms with Crippen LogP contribution in [0.15, 0.2) is 65.7 Å². The molecule has 2 amide bonds. The largest absolute Gasteiger partial charge is 0.448 e. The Kier molecular flexibility index (Phi) is 6.11. The minimum atomic E-state index is -0.768. The number of hydrazine groups is 1. The third-order valence-electron chi connectivity index (χ3n) is 3.92. The van der Waals surface area contributed by atoms with Crippen LogP contribution in [0.25, 0.3) is 0 Å². The first-order chi connectivity index (χ1) is 13.7. The van der Waals surface area contributed by atoms with Crippen molar-refractivity contribution < 1.29 is 19.1 Å². The molecule has 1 heterocycles. The molecule has 1 aliphatic rings. The highest BCUT2D eigenvalue weighted by molar-refractivity contribution is 6.04. The van der Waals surface area contributed by atoms with Crippen molar-refractivity contribution in [3.63, 3.8) is 0 Å². The van der Waals surface area contributed by atoms with Gasteiger partial charge in [0.15, 0.2) is 6.17 Å². The first-order valence-corrected chi connectivity index (χ1v) is 9.03. The topological polar surface area (TPSA) is 83.5 Å². The second-order valence-corrected chi connectivity index (χ2v) is 5.78. The molecule has 1 unspecified atom stereocenters. The Balaban J connectivity index is 2.02. The van der Waals surface area contributed by atoms with Crippen LogP contribution in [0.5, 0.6) is 0 Å². The van der Waals surface area contributed by atoms with Crippen LogP contribution in [-0.2, 0) is 9.47 Å². The SMILES string of the molecule is CCOC(=O)N1C(Nc2ccccc2)=NC(c2ccccc2)N1C(=O)OCC. The van der Waals surface area contributed by atoms with Crippen molar-refractivity contribution in [2.45, 2.75) is 20.0 Å². The molecule has 0 bridgehead atoms. The molecular weight excluding hydrogens is 360 g/mol. The van der Waals surface area contributed by atoms with Crippen molar-refractivity contribution in [1.29, 1.82) is 0 Å². The van der Waals surface area contributed by atoms with Gasteiger partial charge < -0.3 is 14.8 Å². The zero-order valence-electron chi connectivity index (χ0n) is 15.7. The highest BCUT2D eigenvalue weighted by Crippen LogP contribution is 2.32. The fraction of sp³-hybridized carbons (Fsp3) is 0.250. The molecule has 0 spiro atoms. The standard InChI is InChI=1S/C20H22N4O4/c1-3-27-19(25)23-17(15-11-7-5-8-12-15)22-18(24(23)20(26)28-4-2)21-16-13-9-6-10-14-16/h5-14,17H,3-4H2,1-2H3,(H,21,22). The van der Waals surface area contributed by atoms with Crippen molar-refractivity contribution in [2.24, 2.45) is 4.99 Å². The number of amides is 2. The Morgan fingerprint density at radius 3 is 2.11 bits per heavy atom. The average molecular weight is 382 g/mol. The monoisotopic (exact) mass is 382 g/mol. The summed E-state index contributed by atoms with van der Waals surface area (Å²) < 4.78 is 10.3. The summed E-state index contributed by atoms with van der Waals surface area (Å²) in [5, 5.41) is 5.31. The van der Waals surface area contributed by atoms with Gasteiger partial charge in [-0.25, -0.2) is 14.6 Å². The number of nitrogens with one attached hydrogen (secondary N) is 1. The summed E-state index contributed by atoms with van der Waals surface area (Å²) in [6.07, 6.45) is -2.19. The van der Waals surface area contributed by atoms with E-state index < -0.39 is 18.4 Å². The zero-order chi connectivity index (χ0) is 19.9. The van der Waals surface area contributed by atoms with Gasteiger partial charge in [0.1, 0.15) is 0 Å². The van der Waals surface area contributed by atoms with E-state index in [1.54, 1.807) is 13.8 Å². The summed E-state index contributed by atoms with van der Waals surface area (Å²) in [5.74, 6) is 0.173. The molecule has 1 N–H and O–H groups in total. The molecule has 28 heavy (non-hydrogen) atoms. The van der Waals surface area contributed by atoms with Crippen molar-refractivity contribution in [2.75, 3.05) is 18.5 Å². The second-order valence-electron chi connectivity index (χ2n) is 5.78. The van der Waals surface area contributed by atoms with E-state index in [9.17, 15) is 9.59 Å². The van der Waals surface area contributed by atoms with E-state index in [0.29, 0.717) is 5.69 Å². The fourth-order valence-electron chi connectivity index (χ4n) is 2.74. The van der Waals surface area contributed by atoms with Gasteiger partial charge in [-0.3, -0.25) is 0 Å². The second kappa shape index (κ2) is 8.90. The lowest BCUT2D eigenvalue weighted by molar-refractivity contribution is 0.00845. The van der Waals surface area contributed by atoms with Gasteiger partial charge in [0.05, 0.1) is 13.2 Å². The first kappa shape index (κ1) is 19.2. The summed E-state index contributed by atoms with van der Waals surface area (Å²) in [6.45, 7) is 3.71. The molecule has 2 aromatic rings. The van der Waals surface area contributed by atoms with Crippen LogP contribution >= 0.6 is 0 Å². The van der Waals surface area contributed by atoms with Crippen LogP contribution in [-0.4, -0.2) is 41.4 Å². The molecule has 146 valence electrons. The number of guanidine groups is 1. The van der Waals surface area contributed by atoms with Crippen LogP contribution in [0.4, 0.5) is 15.3 Å². The summed E-state index contributed by atoms with van der Waals surface area (Å²) >= 11 is 0. The predicted molar refractivity (Wildman–Crippen MR) is 104 cm³/mol. The Hall–Kier alpha value is -3.55. The van der Waals surface area contributed by atoms with Gasteiger partial charge in [0.25, 0.3) is 0 Å². The van der Waals surface area contributed by atoms with Crippen LogP contribution in [0.2, 0.25) is 0 Å². The third-order valence-corrected chi connectivity index (χ3v) is 3.92. The van der Waals surface area contributed by atoms with Crippen LogP contribution in [0.3, 0.4) is 0 Å². The Bertz CT molecular complexity index is 842. The van der Waals surface area contributed by atoms with E-state index in [2.05, 4.69) is 10.3 Å². The molecule has 8 nitrogen and oxygen atoms in total. The zero-order valence-corrected chi connectivity index (χ0v) is 15.7. The molecule has 0 aliphatic carbocycles. The molecule has 0 saturated heterocycles. The van der Waals surface area contributed by atoms with Crippen LogP contribution in [0.1, 0.15) is 25.6 Å². The Morgan fingerprint density at radius 2 is 1.50 bits per heavy atom. The Labute approximate surface area is 163 Å². The first-order valence-electron chi connectivity index (χ1n) is 9.03. The van der Waals surface area contributed by atoms with Gasteiger partial charge in [-0.05, 0) is 31.5 Å². The van der Waals surface area contributed by atoms with Gasteiger partial charge >= 0.3 is 12.2 Å². The fourth-order valence-corrected chi connectivity index (χ4v) is 2.74. The van der Waals surface area contributed by atoms with E-state index in [-0.39, 0.29) is 19.2 Å². The highest BCUT2D eigenvalue weighted by atomic mass is 16.6. The number of para-hydroxylation sites is 1. The van der Waals surface area contributed by atoms with E-state index in [1.165, 1.54) is 0 Å². The quantitative estimate of drug-likeness (QED) is 0.864. The average Bonchev–Trinajstić information content (AvgIpc) is 3.09. The number of nitrogens with zero attached hydrogens (tertiary/aromatic N) is 3. The number of ether oxygens (including phenoxy) is 2. The van der Waals surface area contributed by atoms with E-state index in [4.69, 9.17) is 9.47 Å². The predicted octanol–water partition coefficient (Wildman–Crippen LogP) is 4.00. The number of carbonyl (C=O) groups is 2. The van der Waals surface area contributed by atoms with Crippen molar-refractivity contribution in [3.8, 4) is 0 Å². The van der Waals surface area contributed by atoms with Gasteiger partial charge in [0, 0.05) is 5.69 Å². The lowest BCUT2D eigenvalue weighted by Crippen LogP contribution is -2.51. The van der Waals surface area contributed by atoms with Gasteiger partial charge in [-0.1, -0.05) is 48.5 Å². The molecule has 0 aromatic heterocycles. The molecule has 1 atom stereocenters. The van der Waals surface area contributed by atoms with Crippen molar-refractivity contribution >= 4 is 23.8 Å². The maximum atomic E-state index is 12.7. The minimum absolute atomic E-state index is 0.153. The maximum Gasteiger partial charge on any atom is 0.436 e. The number of anilines is 1. The molecule has 3 rings (SSSR count). The third kappa shape index (κ3) is 4.06. The van der Waals surface area contributed by atoms with E-state index in [1.807, 2.05) is 60.7 Å². The minimum Gasteiger partial charge on any atom is -0.448 e. The number of hydrogen-bond donors (Lipinski definition) is 1. The van der Waals surface area contributed by atoms with E-state index >= 15 is 0 Å². The van der Waals surface area contributed by atoms with Crippen LogP contribution in [0, 0.1) is 0 Å². The molecule has 0 saturated carbocycles. The number of benzene rings is 2. The molecule has 0 fully saturated rings. The molecule has 0 radical (unpaired) electrons.